The first-order valence-electron chi connectivity index (χ1n) is 8.89. The molecule has 6 nitrogen and oxygen atoms in total. The average Bonchev–Trinajstić information content (AvgIpc) is 2.94. The topological polar surface area (TPSA) is 73.8 Å². The molecule has 140 valence electrons. The minimum Gasteiger partial charge on any atom is -0.355 e. The van der Waals surface area contributed by atoms with Crippen molar-refractivity contribution in [2.75, 3.05) is 31.6 Å². The molecular weight excluding hydrogens is 336 g/mol. The molecule has 25 heavy (non-hydrogen) atoms. The average molecular weight is 367 g/mol. The lowest BCUT2D eigenvalue weighted by Crippen LogP contribution is -2.45. The van der Waals surface area contributed by atoms with Gasteiger partial charge in [-0.1, -0.05) is 37.3 Å². The Morgan fingerprint density at radius 3 is 2.68 bits per heavy atom. The van der Waals surface area contributed by atoms with Crippen molar-refractivity contribution in [2.24, 2.45) is 4.99 Å². The molecule has 1 saturated heterocycles. The van der Waals surface area contributed by atoms with Gasteiger partial charge in [0.05, 0.1) is 5.75 Å². The van der Waals surface area contributed by atoms with E-state index in [2.05, 4.69) is 51.7 Å². The molecule has 1 aromatic rings. The second kappa shape index (κ2) is 9.20. The van der Waals surface area contributed by atoms with E-state index in [4.69, 9.17) is 0 Å². The van der Waals surface area contributed by atoms with Gasteiger partial charge in [0, 0.05) is 44.5 Å². The molecule has 2 N–H and O–H groups in total. The highest BCUT2D eigenvalue weighted by molar-refractivity contribution is 7.91. The van der Waals surface area contributed by atoms with Gasteiger partial charge in [0.2, 0.25) is 0 Å². The van der Waals surface area contributed by atoms with E-state index >= 15 is 0 Å². The van der Waals surface area contributed by atoms with Crippen molar-refractivity contribution in [3.8, 4) is 0 Å². The summed E-state index contributed by atoms with van der Waals surface area (Å²) in [4.78, 5) is 6.67. The van der Waals surface area contributed by atoms with E-state index in [1.54, 1.807) is 14.0 Å². The molecule has 2 atom stereocenters. The number of nitrogens with one attached hydrogen (secondary N) is 2. The van der Waals surface area contributed by atoms with E-state index in [9.17, 15) is 8.42 Å². The van der Waals surface area contributed by atoms with Crippen molar-refractivity contribution in [1.29, 1.82) is 0 Å². The van der Waals surface area contributed by atoms with E-state index in [0.717, 1.165) is 19.5 Å². The SMILES string of the molecule is CCS(=O)(=O)CCNC(=NC)NC1CC(C)N(Cc2ccccc2)C1. The van der Waals surface area contributed by atoms with Gasteiger partial charge in [0.1, 0.15) is 0 Å². The molecule has 1 aliphatic heterocycles. The zero-order chi connectivity index (χ0) is 18.3. The number of nitrogens with zero attached hydrogens (tertiary/aromatic N) is 2. The van der Waals surface area contributed by atoms with Crippen LogP contribution in [0.2, 0.25) is 0 Å². The predicted octanol–water partition coefficient (Wildman–Crippen LogP) is 1.25. The Hall–Kier alpha value is -1.60. The molecule has 1 heterocycles. The molecule has 2 rings (SSSR count). The third-order valence-corrected chi connectivity index (χ3v) is 6.35. The lowest BCUT2D eigenvalue weighted by molar-refractivity contribution is 0.258. The van der Waals surface area contributed by atoms with Crippen LogP contribution >= 0.6 is 0 Å². The van der Waals surface area contributed by atoms with Crippen molar-refractivity contribution in [3.05, 3.63) is 35.9 Å². The van der Waals surface area contributed by atoms with Gasteiger partial charge in [0.25, 0.3) is 0 Å². The van der Waals surface area contributed by atoms with Gasteiger partial charge >= 0.3 is 0 Å². The van der Waals surface area contributed by atoms with Crippen molar-refractivity contribution in [2.45, 2.75) is 38.9 Å². The fourth-order valence-corrected chi connectivity index (χ4v) is 3.80. The van der Waals surface area contributed by atoms with Crippen LogP contribution in [0.1, 0.15) is 25.8 Å². The lowest BCUT2D eigenvalue weighted by Gasteiger charge is -2.21. The third-order valence-electron chi connectivity index (χ3n) is 4.64. The molecule has 1 aromatic carbocycles. The molecule has 1 aliphatic rings. The quantitative estimate of drug-likeness (QED) is 0.561. The minimum absolute atomic E-state index is 0.130. The van der Waals surface area contributed by atoms with Crippen LogP contribution in [0.25, 0.3) is 0 Å². The molecule has 1 fully saturated rings. The van der Waals surface area contributed by atoms with Crippen LogP contribution in [-0.2, 0) is 16.4 Å². The summed E-state index contributed by atoms with van der Waals surface area (Å²) in [6.45, 7) is 6.19. The number of likely N-dealkylation sites (tertiary alicyclic amines) is 1. The van der Waals surface area contributed by atoms with Gasteiger partial charge in [-0.3, -0.25) is 9.89 Å². The van der Waals surface area contributed by atoms with Crippen LogP contribution < -0.4 is 10.6 Å². The highest BCUT2D eigenvalue weighted by Gasteiger charge is 2.29. The van der Waals surface area contributed by atoms with Gasteiger partial charge in [-0.15, -0.1) is 0 Å². The molecule has 0 aromatic heterocycles. The maximum absolute atomic E-state index is 11.6. The second-order valence-corrected chi connectivity index (χ2v) is 9.05. The molecule has 0 amide bonds. The standard InChI is InChI=1S/C18H30N4O2S/c1-4-25(23,24)11-10-20-18(19-3)21-17-12-15(2)22(14-17)13-16-8-6-5-7-9-16/h5-9,15,17H,4,10-14H2,1-3H3,(H2,19,20,21). The van der Waals surface area contributed by atoms with E-state index in [-0.39, 0.29) is 11.5 Å². The summed E-state index contributed by atoms with van der Waals surface area (Å²) >= 11 is 0. The first-order chi connectivity index (χ1) is 11.9. The van der Waals surface area contributed by atoms with Gasteiger partial charge in [-0.05, 0) is 18.9 Å². The van der Waals surface area contributed by atoms with Crippen LogP contribution in [0.15, 0.2) is 35.3 Å². The monoisotopic (exact) mass is 366 g/mol. The Kier molecular flexibility index (Phi) is 7.25. The minimum atomic E-state index is -2.96. The second-order valence-electron chi connectivity index (χ2n) is 6.58. The Labute approximate surface area is 151 Å². The number of rotatable bonds is 7. The molecule has 0 spiro atoms. The maximum Gasteiger partial charge on any atom is 0.191 e. The molecule has 0 radical (unpaired) electrons. The van der Waals surface area contributed by atoms with Crippen molar-refractivity contribution in [1.82, 2.24) is 15.5 Å². The van der Waals surface area contributed by atoms with E-state index in [1.807, 2.05) is 6.07 Å². The molecule has 2 unspecified atom stereocenters. The third kappa shape index (κ3) is 6.32. The zero-order valence-electron chi connectivity index (χ0n) is 15.4. The van der Waals surface area contributed by atoms with Gasteiger partial charge in [0.15, 0.2) is 15.8 Å². The summed E-state index contributed by atoms with van der Waals surface area (Å²) in [6, 6.07) is 11.3. The molecule has 0 aliphatic carbocycles. The highest BCUT2D eigenvalue weighted by Crippen LogP contribution is 2.20. The molecule has 7 heteroatoms. The normalized spacial score (nSPS) is 22.1. The van der Waals surface area contributed by atoms with Gasteiger partial charge in [-0.25, -0.2) is 8.42 Å². The van der Waals surface area contributed by atoms with Gasteiger partial charge in [-0.2, -0.15) is 0 Å². The Morgan fingerprint density at radius 1 is 1.32 bits per heavy atom. The number of hydrogen-bond acceptors (Lipinski definition) is 4. The zero-order valence-corrected chi connectivity index (χ0v) is 16.2. The van der Waals surface area contributed by atoms with Crippen LogP contribution in [0, 0.1) is 0 Å². The lowest BCUT2D eigenvalue weighted by atomic mass is 10.2. The van der Waals surface area contributed by atoms with Crippen molar-refractivity contribution in [3.63, 3.8) is 0 Å². The summed E-state index contributed by atoms with van der Waals surface area (Å²) in [7, 11) is -1.24. The Bertz CT molecular complexity index is 661. The summed E-state index contributed by atoms with van der Waals surface area (Å²) < 4.78 is 23.1. The first kappa shape index (κ1) is 19.7. The fraction of sp³-hybridized carbons (Fsp3) is 0.611. The van der Waals surface area contributed by atoms with Crippen molar-refractivity contribution < 1.29 is 8.42 Å². The predicted molar refractivity (Wildman–Crippen MR) is 104 cm³/mol. The number of guanidine groups is 1. The van der Waals surface area contributed by atoms with Crippen molar-refractivity contribution >= 4 is 15.8 Å². The molecular formula is C18H30N4O2S. The summed E-state index contributed by atoms with van der Waals surface area (Å²) in [6.07, 6.45) is 1.04. The Balaban J connectivity index is 1.81. The largest absolute Gasteiger partial charge is 0.355 e. The smallest absolute Gasteiger partial charge is 0.191 e. The first-order valence-corrected chi connectivity index (χ1v) is 10.7. The number of benzene rings is 1. The van der Waals surface area contributed by atoms with E-state index in [0.29, 0.717) is 24.6 Å². The Morgan fingerprint density at radius 2 is 2.04 bits per heavy atom. The number of hydrogen-bond donors (Lipinski definition) is 2. The maximum atomic E-state index is 11.6. The summed E-state index contributed by atoms with van der Waals surface area (Å²) in [5.74, 6) is 0.978. The highest BCUT2D eigenvalue weighted by atomic mass is 32.2. The number of sulfone groups is 1. The van der Waals surface area contributed by atoms with Crippen LogP contribution in [0.5, 0.6) is 0 Å². The van der Waals surface area contributed by atoms with Gasteiger partial charge < -0.3 is 10.6 Å². The van der Waals surface area contributed by atoms with E-state index in [1.165, 1.54) is 5.56 Å². The summed E-state index contributed by atoms with van der Waals surface area (Å²) in [5.41, 5.74) is 1.32. The van der Waals surface area contributed by atoms with Crippen LogP contribution in [-0.4, -0.2) is 63.0 Å². The van der Waals surface area contributed by atoms with Crippen LogP contribution in [0.4, 0.5) is 0 Å². The number of aliphatic imine (C=N–C) groups is 1. The molecule has 0 bridgehead atoms. The van der Waals surface area contributed by atoms with Crippen LogP contribution in [0.3, 0.4) is 0 Å². The summed E-state index contributed by atoms with van der Waals surface area (Å²) in [5, 5.41) is 6.53. The molecule has 0 saturated carbocycles. The fourth-order valence-electron chi connectivity index (χ4n) is 3.10. The van der Waals surface area contributed by atoms with E-state index < -0.39 is 9.84 Å².